The Bertz CT molecular complexity index is 573. The second-order valence-electron chi connectivity index (χ2n) is 6.31. The van der Waals surface area contributed by atoms with Crippen molar-refractivity contribution in [1.82, 2.24) is 10.6 Å². The lowest BCUT2D eigenvalue weighted by Crippen LogP contribution is -2.34. The van der Waals surface area contributed by atoms with E-state index in [0.29, 0.717) is 28.7 Å². The molecule has 1 aromatic carbocycles. The molecule has 0 spiro atoms. The Morgan fingerprint density at radius 1 is 1.29 bits per heavy atom. The molecule has 0 unspecified atom stereocenters. The van der Waals surface area contributed by atoms with E-state index in [4.69, 9.17) is 11.6 Å². The van der Waals surface area contributed by atoms with Crippen LogP contribution in [0.4, 0.5) is 5.69 Å². The van der Waals surface area contributed by atoms with Crippen molar-refractivity contribution in [2.24, 2.45) is 11.8 Å². The second-order valence-corrected chi connectivity index (χ2v) is 6.72. The van der Waals surface area contributed by atoms with Crippen LogP contribution >= 0.6 is 24.0 Å². The lowest BCUT2D eigenvalue weighted by Gasteiger charge is -2.21. The monoisotopic (exact) mass is 373 g/mol. The molecule has 2 rings (SSSR count). The van der Waals surface area contributed by atoms with Gasteiger partial charge in [0.15, 0.2) is 0 Å². The lowest BCUT2D eigenvalue weighted by atomic mass is 9.97. The van der Waals surface area contributed by atoms with Gasteiger partial charge in [0.05, 0.1) is 10.6 Å². The van der Waals surface area contributed by atoms with Crippen molar-refractivity contribution >= 4 is 41.5 Å². The summed E-state index contributed by atoms with van der Waals surface area (Å²) in [6.07, 6.45) is 1.69. The van der Waals surface area contributed by atoms with Crippen LogP contribution in [0.3, 0.4) is 0 Å². The predicted molar refractivity (Wildman–Crippen MR) is 100 cm³/mol. The van der Waals surface area contributed by atoms with E-state index >= 15 is 0 Å². The molecule has 3 N–H and O–H groups in total. The largest absolute Gasteiger partial charge is 0.352 e. The molecule has 1 heterocycles. The first kappa shape index (κ1) is 20.7. The van der Waals surface area contributed by atoms with Gasteiger partial charge in [-0.2, -0.15) is 0 Å². The Morgan fingerprint density at radius 2 is 1.96 bits per heavy atom. The molecule has 1 aromatic rings. The van der Waals surface area contributed by atoms with E-state index in [9.17, 15) is 9.59 Å². The van der Waals surface area contributed by atoms with E-state index in [2.05, 4.69) is 16.0 Å². The third-order valence-corrected chi connectivity index (χ3v) is 4.17. The Labute approximate surface area is 154 Å². The van der Waals surface area contributed by atoms with Crippen LogP contribution in [0, 0.1) is 11.8 Å². The van der Waals surface area contributed by atoms with E-state index in [-0.39, 0.29) is 30.1 Å². The number of carbonyl (C=O) groups is 2. The molecule has 1 aliphatic rings. The molecule has 0 bridgehead atoms. The zero-order chi connectivity index (χ0) is 16.8. The van der Waals surface area contributed by atoms with Crippen LogP contribution in [0.25, 0.3) is 0 Å². The van der Waals surface area contributed by atoms with E-state index < -0.39 is 0 Å². The van der Waals surface area contributed by atoms with Crippen molar-refractivity contribution in [3.05, 3.63) is 28.8 Å². The van der Waals surface area contributed by atoms with Crippen molar-refractivity contribution in [2.45, 2.75) is 26.7 Å². The van der Waals surface area contributed by atoms with Crippen molar-refractivity contribution in [1.29, 1.82) is 0 Å². The molecular formula is C17H25Cl2N3O2. The number of piperidine rings is 1. The maximum absolute atomic E-state index is 12.2. The fourth-order valence-electron chi connectivity index (χ4n) is 2.50. The van der Waals surface area contributed by atoms with Gasteiger partial charge < -0.3 is 16.0 Å². The van der Waals surface area contributed by atoms with Crippen LogP contribution in [0.15, 0.2) is 18.2 Å². The van der Waals surface area contributed by atoms with E-state index in [1.165, 1.54) is 0 Å². The Balaban J connectivity index is 0.00000288. The number of benzene rings is 1. The zero-order valence-corrected chi connectivity index (χ0v) is 15.6. The highest BCUT2D eigenvalue weighted by atomic mass is 35.5. The fourth-order valence-corrected chi connectivity index (χ4v) is 2.76. The summed E-state index contributed by atoms with van der Waals surface area (Å²) in [4.78, 5) is 24.3. The van der Waals surface area contributed by atoms with Gasteiger partial charge in [0.1, 0.15) is 0 Å². The summed E-state index contributed by atoms with van der Waals surface area (Å²) in [6.45, 7) is 6.40. The van der Waals surface area contributed by atoms with Gasteiger partial charge in [0, 0.05) is 18.2 Å². The minimum atomic E-state index is -0.195. The van der Waals surface area contributed by atoms with Gasteiger partial charge >= 0.3 is 0 Å². The molecule has 1 fully saturated rings. The Kier molecular flexibility index (Phi) is 8.53. The SMILES string of the molecule is CC(C)CNC(=O)c1ccc(NC(=O)C2CCNCC2)cc1Cl.Cl. The molecule has 1 saturated heterocycles. The van der Waals surface area contributed by atoms with Crippen molar-refractivity contribution in [2.75, 3.05) is 25.0 Å². The molecule has 0 aromatic heterocycles. The third-order valence-electron chi connectivity index (χ3n) is 3.86. The van der Waals surface area contributed by atoms with Crippen LogP contribution in [-0.4, -0.2) is 31.4 Å². The molecule has 1 aliphatic heterocycles. The van der Waals surface area contributed by atoms with Gasteiger partial charge in [0.2, 0.25) is 5.91 Å². The lowest BCUT2D eigenvalue weighted by molar-refractivity contribution is -0.120. The van der Waals surface area contributed by atoms with Crippen molar-refractivity contribution in [3.8, 4) is 0 Å². The van der Waals surface area contributed by atoms with Crippen molar-refractivity contribution in [3.63, 3.8) is 0 Å². The van der Waals surface area contributed by atoms with E-state index in [0.717, 1.165) is 25.9 Å². The first-order valence-corrected chi connectivity index (χ1v) is 8.44. The molecule has 2 amide bonds. The van der Waals surface area contributed by atoms with Crippen LogP contribution in [0.5, 0.6) is 0 Å². The number of nitrogens with one attached hydrogen (secondary N) is 3. The van der Waals surface area contributed by atoms with E-state index in [1.807, 2.05) is 13.8 Å². The van der Waals surface area contributed by atoms with Gasteiger partial charge in [-0.05, 0) is 50.0 Å². The molecule has 134 valence electrons. The molecule has 0 aliphatic carbocycles. The van der Waals surface area contributed by atoms with Crippen molar-refractivity contribution < 1.29 is 9.59 Å². The number of rotatable bonds is 5. The Morgan fingerprint density at radius 3 is 2.54 bits per heavy atom. The first-order chi connectivity index (χ1) is 11.0. The number of hydrogen-bond donors (Lipinski definition) is 3. The summed E-state index contributed by atoms with van der Waals surface area (Å²) >= 11 is 6.19. The van der Waals surface area contributed by atoms with Crippen LogP contribution in [-0.2, 0) is 4.79 Å². The fraction of sp³-hybridized carbons (Fsp3) is 0.529. The summed E-state index contributed by atoms with van der Waals surface area (Å²) in [5.41, 5.74) is 1.05. The minimum absolute atomic E-state index is 0. The molecule has 0 radical (unpaired) electrons. The third kappa shape index (κ3) is 5.96. The molecule has 24 heavy (non-hydrogen) atoms. The van der Waals surface area contributed by atoms with Gasteiger partial charge in [0.25, 0.3) is 5.91 Å². The Hall–Kier alpha value is -1.30. The van der Waals surface area contributed by atoms with Gasteiger partial charge in [-0.25, -0.2) is 0 Å². The van der Waals surface area contributed by atoms with Gasteiger partial charge in [-0.15, -0.1) is 12.4 Å². The summed E-state index contributed by atoms with van der Waals surface area (Å²) < 4.78 is 0. The van der Waals surface area contributed by atoms with Crippen LogP contribution in [0.2, 0.25) is 5.02 Å². The number of hydrogen-bond acceptors (Lipinski definition) is 3. The van der Waals surface area contributed by atoms with Crippen LogP contribution in [0.1, 0.15) is 37.0 Å². The summed E-state index contributed by atoms with van der Waals surface area (Å²) in [5.74, 6) is 0.227. The molecule has 0 saturated carbocycles. The molecule has 0 atom stereocenters. The number of amides is 2. The topological polar surface area (TPSA) is 70.2 Å². The normalized spacial score (nSPS) is 14.8. The van der Waals surface area contributed by atoms with E-state index in [1.54, 1.807) is 18.2 Å². The summed E-state index contributed by atoms with van der Waals surface area (Å²) in [7, 11) is 0. The average molecular weight is 374 g/mol. The molecular weight excluding hydrogens is 349 g/mol. The number of halogens is 2. The molecule has 7 heteroatoms. The quantitative estimate of drug-likeness (QED) is 0.742. The van der Waals surface area contributed by atoms with Crippen LogP contribution < -0.4 is 16.0 Å². The predicted octanol–water partition coefficient (Wildman–Crippen LogP) is 3.09. The number of anilines is 1. The smallest absolute Gasteiger partial charge is 0.252 e. The number of carbonyl (C=O) groups excluding carboxylic acids is 2. The maximum Gasteiger partial charge on any atom is 0.252 e. The summed E-state index contributed by atoms with van der Waals surface area (Å²) in [6, 6.07) is 5.00. The second kappa shape index (κ2) is 9.87. The maximum atomic E-state index is 12.2. The zero-order valence-electron chi connectivity index (χ0n) is 14.0. The average Bonchev–Trinajstić information content (AvgIpc) is 2.53. The highest BCUT2D eigenvalue weighted by molar-refractivity contribution is 6.34. The molecule has 5 nitrogen and oxygen atoms in total. The first-order valence-electron chi connectivity index (χ1n) is 8.06. The summed E-state index contributed by atoms with van der Waals surface area (Å²) in [5, 5.41) is 9.30. The highest BCUT2D eigenvalue weighted by Gasteiger charge is 2.21. The minimum Gasteiger partial charge on any atom is -0.352 e. The van der Waals surface area contributed by atoms with Gasteiger partial charge in [-0.3, -0.25) is 9.59 Å². The van der Waals surface area contributed by atoms with Gasteiger partial charge in [-0.1, -0.05) is 25.4 Å². The standard InChI is InChI=1S/C17H24ClN3O2.ClH/c1-11(2)10-20-17(23)14-4-3-13(9-15(14)18)21-16(22)12-5-7-19-8-6-12;/h3-4,9,11-12,19H,5-8,10H2,1-2H3,(H,20,23)(H,21,22);1H. The highest BCUT2D eigenvalue weighted by Crippen LogP contribution is 2.22.